The Kier molecular flexibility index (Phi) is 5.58. The van der Waals surface area contributed by atoms with E-state index in [1.54, 1.807) is 11.8 Å². The first-order valence-corrected chi connectivity index (χ1v) is 9.28. The molecule has 1 N–H and O–H groups in total. The SMILES string of the molecule is Cc1cc(OC(F)F)c(C(=O)N2CCCC(CO)(c3ccccc3)C2)s1. The van der Waals surface area contributed by atoms with Gasteiger partial charge >= 0.3 is 6.61 Å². The highest BCUT2D eigenvalue weighted by Crippen LogP contribution is 2.37. The first-order chi connectivity index (χ1) is 12.4. The minimum absolute atomic E-state index is 0.0765. The summed E-state index contributed by atoms with van der Waals surface area (Å²) in [4.78, 5) is 15.5. The fourth-order valence-corrected chi connectivity index (χ4v) is 4.43. The van der Waals surface area contributed by atoms with Crippen LogP contribution in [0.4, 0.5) is 8.78 Å². The summed E-state index contributed by atoms with van der Waals surface area (Å²) in [6.07, 6.45) is 1.50. The van der Waals surface area contributed by atoms with Crippen molar-refractivity contribution < 1.29 is 23.4 Å². The van der Waals surface area contributed by atoms with Gasteiger partial charge in [0.1, 0.15) is 10.6 Å². The number of halogens is 2. The summed E-state index contributed by atoms with van der Waals surface area (Å²) in [7, 11) is 0. The van der Waals surface area contributed by atoms with Crippen molar-refractivity contribution in [1.82, 2.24) is 4.90 Å². The number of likely N-dealkylation sites (tertiary alicyclic amines) is 1. The quantitative estimate of drug-likeness (QED) is 0.857. The van der Waals surface area contributed by atoms with Gasteiger partial charge < -0.3 is 14.7 Å². The Hall–Kier alpha value is -1.99. The molecule has 0 bridgehead atoms. The van der Waals surface area contributed by atoms with Crippen molar-refractivity contribution in [1.29, 1.82) is 0 Å². The number of hydrogen-bond donors (Lipinski definition) is 1. The van der Waals surface area contributed by atoms with E-state index < -0.39 is 12.0 Å². The Morgan fingerprint density at radius 1 is 1.38 bits per heavy atom. The van der Waals surface area contributed by atoms with Crippen LogP contribution in [0.15, 0.2) is 36.4 Å². The molecular formula is C19H21F2NO3S. The molecule has 4 nitrogen and oxygen atoms in total. The van der Waals surface area contributed by atoms with Crippen LogP contribution in [0.3, 0.4) is 0 Å². The van der Waals surface area contributed by atoms with Crippen LogP contribution in [0.2, 0.25) is 0 Å². The summed E-state index contributed by atoms with van der Waals surface area (Å²) in [5.74, 6) is -0.403. The number of amides is 1. The predicted octanol–water partition coefficient (Wildman–Crippen LogP) is 3.82. The molecular weight excluding hydrogens is 360 g/mol. The highest BCUT2D eigenvalue weighted by atomic mass is 32.1. The van der Waals surface area contributed by atoms with Crippen LogP contribution in [0.25, 0.3) is 0 Å². The number of rotatable bonds is 5. The molecule has 0 aliphatic carbocycles. The fourth-order valence-electron chi connectivity index (χ4n) is 3.52. The average Bonchev–Trinajstić information content (AvgIpc) is 3.01. The third-order valence-corrected chi connectivity index (χ3v) is 5.80. The van der Waals surface area contributed by atoms with Gasteiger partial charge in [-0.05, 0) is 31.4 Å². The zero-order chi connectivity index (χ0) is 18.7. The van der Waals surface area contributed by atoms with Crippen molar-refractivity contribution in [3.05, 3.63) is 51.7 Å². The van der Waals surface area contributed by atoms with Gasteiger partial charge in [0.25, 0.3) is 5.91 Å². The third-order valence-electron chi connectivity index (χ3n) is 4.78. The Balaban J connectivity index is 1.87. The molecule has 0 radical (unpaired) electrons. The van der Waals surface area contributed by atoms with E-state index in [0.29, 0.717) is 13.1 Å². The van der Waals surface area contributed by atoms with E-state index in [4.69, 9.17) is 0 Å². The van der Waals surface area contributed by atoms with Gasteiger partial charge in [0.2, 0.25) is 0 Å². The van der Waals surface area contributed by atoms with Crippen molar-refractivity contribution in [3.63, 3.8) is 0 Å². The van der Waals surface area contributed by atoms with Crippen molar-refractivity contribution in [2.75, 3.05) is 19.7 Å². The second-order valence-electron chi connectivity index (χ2n) is 6.56. The van der Waals surface area contributed by atoms with Gasteiger partial charge in [-0.15, -0.1) is 11.3 Å². The molecule has 2 aromatic rings. The van der Waals surface area contributed by atoms with Crippen molar-refractivity contribution in [2.45, 2.75) is 31.8 Å². The Bertz CT molecular complexity index is 765. The van der Waals surface area contributed by atoms with E-state index >= 15 is 0 Å². The molecule has 1 atom stereocenters. The minimum atomic E-state index is -2.97. The van der Waals surface area contributed by atoms with Gasteiger partial charge in [0.15, 0.2) is 0 Å². The lowest BCUT2D eigenvalue weighted by Crippen LogP contribution is -2.50. The molecule has 2 heterocycles. The number of piperidine rings is 1. The number of carbonyl (C=O) groups is 1. The van der Waals surface area contributed by atoms with Crippen molar-refractivity contribution in [2.24, 2.45) is 0 Å². The normalized spacial score (nSPS) is 20.4. The lowest BCUT2D eigenvalue weighted by Gasteiger charge is -2.42. The minimum Gasteiger partial charge on any atom is -0.433 e. The first kappa shape index (κ1) is 18.8. The number of thiophene rings is 1. The summed E-state index contributed by atoms with van der Waals surface area (Å²) in [5, 5.41) is 10.1. The number of benzene rings is 1. The molecule has 1 aromatic heterocycles. The second-order valence-corrected chi connectivity index (χ2v) is 7.82. The van der Waals surface area contributed by atoms with Gasteiger partial charge in [-0.25, -0.2) is 0 Å². The molecule has 26 heavy (non-hydrogen) atoms. The summed E-state index contributed by atoms with van der Waals surface area (Å²) in [5.41, 5.74) is 0.442. The monoisotopic (exact) mass is 381 g/mol. The first-order valence-electron chi connectivity index (χ1n) is 8.46. The molecule has 1 unspecified atom stereocenters. The fraction of sp³-hybridized carbons (Fsp3) is 0.421. The number of hydrogen-bond acceptors (Lipinski definition) is 4. The maximum absolute atomic E-state index is 13.0. The molecule has 0 saturated carbocycles. The maximum atomic E-state index is 13.0. The van der Waals surface area contributed by atoms with Crippen molar-refractivity contribution in [3.8, 4) is 5.75 Å². The Morgan fingerprint density at radius 3 is 2.77 bits per heavy atom. The van der Waals surface area contributed by atoms with Crippen LogP contribution in [-0.4, -0.2) is 42.2 Å². The zero-order valence-corrected chi connectivity index (χ0v) is 15.3. The molecule has 3 rings (SSSR count). The average molecular weight is 381 g/mol. The third kappa shape index (κ3) is 3.73. The van der Waals surface area contributed by atoms with E-state index in [-0.39, 0.29) is 23.1 Å². The van der Waals surface area contributed by atoms with Crippen LogP contribution >= 0.6 is 11.3 Å². The van der Waals surface area contributed by atoms with Crippen LogP contribution in [-0.2, 0) is 5.41 Å². The molecule has 1 aromatic carbocycles. The number of nitrogens with zero attached hydrogens (tertiary/aromatic N) is 1. The van der Waals surface area contributed by atoms with Gasteiger partial charge in [-0.3, -0.25) is 4.79 Å². The van der Waals surface area contributed by atoms with E-state index in [0.717, 1.165) is 34.6 Å². The number of aliphatic hydroxyl groups excluding tert-OH is 1. The second kappa shape index (κ2) is 7.72. The standard InChI is InChI=1S/C19H21F2NO3S/c1-13-10-15(25-18(20)21)16(26-13)17(24)22-9-5-8-19(11-22,12-23)14-6-3-2-4-7-14/h2-4,6-7,10,18,23H,5,8-9,11-12H2,1H3. The van der Waals surface area contributed by atoms with Crippen LogP contribution < -0.4 is 4.74 Å². The van der Waals surface area contributed by atoms with Crippen molar-refractivity contribution >= 4 is 17.2 Å². The van der Waals surface area contributed by atoms with Gasteiger partial charge in [0, 0.05) is 23.4 Å². The van der Waals surface area contributed by atoms with Crippen LogP contribution in [0.5, 0.6) is 5.75 Å². The van der Waals surface area contributed by atoms with Gasteiger partial charge in [-0.2, -0.15) is 8.78 Å². The van der Waals surface area contributed by atoms with Gasteiger partial charge in [-0.1, -0.05) is 30.3 Å². The van der Waals surface area contributed by atoms with E-state index in [9.17, 15) is 18.7 Å². The molecule has 140 valence electrons. The number of aliphatic hydroxyl groups is 1. The Morgan fingerprint density at radius 2 is 2.12 bits per heavy atom. The van der Waals surface area contributed by atoms with E-state index in [2.05, 4.69) is 4.74 Å². The van der Waals surface area contributed by atoms with Crippen LogP contribution in [0, 0.1) is 6.92 Å². The highest BCUT2D eigenvalue weighted by Gasteiger charge is 2.39. The highest BCUT2D eigenvalue weighted by molar-refractivity contribution is 7.14. The summed E-state index contributed by atoms with van der Waals surface area (Å²) >= 11 is 1.15. The number of carbonyl (C=O) groups excluding carboxylic acids is 1. The predicted molar refractivity (Wildman–Crippen MR) is 96.0 cm³/mol. The smallest absolute Gasteiger partial charge is 0.387 e. The number of aryl methyl sites for hydroxylation is 1. The number of ether oxygens (including phenoxy) is 1. The molecule has 7 heteroatoms. The molecule has 1 saturated heterocycles. The van der Waals surface area contributed by atoms with E-state index in [1.807, 2.05) is 30.3 Å². The Labute approximate surface area is 155 Å². The maximum Gasteiger partial charge on any atom is 0.387 e. The number of alkyl halides is 2. The summed E-state index contributed by atoms with van der Waals surface area (Å²) in [6.45, 7) is -0.434. The van der Waals surface area contributed by atoms with E-state index in [1.165, 1.54) is 6.07 Å². The molecule has 1 fully saturated rings. The lowest BCUT2D eigenvalue weighted by molar-refractivity contribution is -0.0500. The molecule has 0 spiro atoms. The lowest BCUT2D eigenvalue weighted by atomic mass is 9.74. The largest absolute Gasteiger partial charge is 0.433 e. The summed E-state index contributed by atoms with van der Waals surface area (Å²) in [6, 6.07) is 11.1. The van der Waals surface area contributed by atoms with Gasteiger partial charge in [0.05, 0.1) is 6.61 Å². The topological polar surface area (TPSA) is 49.8 Å². The summed E-state index contributed by atoms with van der Waals surface area (Å²) < 4.78 is 29.8. The molecule has 1 aliphatic rings. The molecule has 1 aliphatic heterocycles. The van der Waals surface area contributed by atoms with Crippen LogP contribution in [0.1, 0.15) is 33.0 Å². The zero-order valence-electron chi connectivity index (χ0n) is 14.5. The molecule has 1 amide bonds.